The Balaban J connectivity index is 1.94. The number of nitrogens with one attached hydrogen (secondary N) is 1. The van der Waals surface area contributed by atoms with Crippen LogP contribution >= 0.6 is 0 Å². The Kier molecular flexibility index (Phi) is 4.46. The van der Waals surface area contributed by atoms with E-state index in [2.05, 4.69) is 10.1 Å². The van der Waals surface area contributed by atoms with Gasteiger partial charge in [0.15, 0.2) is 9.84 Å². The predicted octanol–water partition coefficient (Wildman–Crippen LogP) is 3.44. The number of fused-ring (bicyclic) bond motifs is 1. The highest BCUT2D eigenvalue weighted by atomic mass is 32.2. The van der Waals surface area contributed by atoms with Crippen LogP contribution < -0.4 is 10.1 Å². The molecule has 9 heteroatoms. The van der Waals surface area contributed by atoms with Gasteiger partial charge in [-0.2, -0.15) is 0 Å². The molecule has 27 heavy (non-hydrogen) atoms. The van der Waals surface area contributed by atoms with Crippen LogP contribution in [0, 0.1) is 0 Å². The Morgan fingerprint density at radius 3 is 2.30 bits per heavy atom. The molecule has 144 valence electrons. The summed E-state index contributed by atoms with van der Waals surface area (Å²) in [6.07, 6.45) is -3.56. The lowest BCUT2D eigenvalue weighted by Gasteiger charge is -2.23. The zero-order chi connectivity index (χ0) is 20.0. The first kappa shape index (κ1) is 19.2. The summed E-state index contributed by atoms with van der Waals surface area (Å²) >= 11 is 0. The number of benzene rings is 2. The standard InChI is InChI=1S/C18H16F3NO4S/c1-17(10-11-3-6-13(7-4-11)27(2,24)25)14-9-12(26-18(19,20)21)5-8-15(14)22-16(17)23/h3-9H,10H2,1-2H3,(H,22,23). The summed E-state index contributed by atoms with van der Waals surface area (Å²) in [4.78, 5) is 12.7. The molecule has 1 aliphatic heterocycles. The van der Waals surface area contributed by atoms with Crippen molar-refractivity contribution in [2.45, 2.75) is 30.0 Å². The fourth-order valence-electron chi connectivity index (χ4n) is 3.11. The average Bonchev–Trinajstić information content (AvgIpc) is 2.77. The molecule has 1 unspecified atom stereocenters. The van der Waals surface area contributed by atoms with Gasteiger partial charge in [-0.15, -0.1) is 13.2 Å². The van der Waals surface area contributed by atoms with Crippen molar-refractivity contribution < 1.29 is 31.1 Å². The highest BCUT2D eigenvalue weighted by Gasteiger charge is 2.43. The number of sulfone groups is 1. The first-order valence-electron chi connectivity index (χ1n) is 7.89. The molecule has 0 bridgehead atoms. The van der Waals surface area contributed by atoms with Crippen molar-refractivity contribution in [3.63, 3.8) is 0 Å². The topological polar surface area (TPSA) is 72.5 Å². The van der Waals surface area contributed by atoms with Gasteiger partial charge in [0.25, 0.3) is 0 Å². The number of hydrogen-bond acceptors (Lipinski definition) is 4. The molecule has 0 aromatic heterocycles. The fraction of sp³-hybridized carbons (Fsp3) is 0.278. The zero-order valence-corrected chi connectivity index (χ0v) is 15.2. The van der Waals surface area contributed by atoms with Crippen LogP contribution in [-0.4, -0.2) is 26.9 Å². The average molecular weight is 399 g/mol. The number of rotatable bonds is 4. The first-order chi connectivity index (χ1) is 12.4. The summed E-state index contributed by atoms with van der Waals surface area (Å²) < 4.78 is 64.5. The number of ether oxygens (including phenoxy) is 1. The van der Waals surface area contributed by atoms with Crippen LogP contribution in [0.1, 0.15) is 18.1 Å². The summed E-state index contributed by atoms with van der Waals surface area (Å²) in [7, 11) is -3.35. The van der Waals surface area contributed by atoms with Crippen molar-refractivity contribution in [2.75, 3.05) is 11.6 Å². The Morgan fingerprint density at radius 1 is 1.11 bits per heavy atom. The highest BCUT2D eigenvalue weighted by molar-refractivity contribution is 7.90. The van der Waals surface area contributed by atoms with Gasteiger partial charge in [-0.05, 0) is 54.8 Å². The van der Waals surface area contributed by atoms with E-state index in [-0.39, 0.29) is 17.2 Å². The van der Waals surface area contributed by atoms with Gasteiger partial charge in [0.05, 0.1) is 10.3 Å². The quantitative estimate of drug-likeness (QED) is 0.855. The molecule has 0 aliphatic carbocycles. The lowest BCUT2D eigenvalue weighted by molar-refractivity contribution is -0.274. The molecule has 0 saturated heterocycles. The molecule has 1 N–H and O–H groups in total. The molecule has 2 aromatic rings. The molecule has 1 atom stereocenters. The van der Waals surface area contributed by atoms with Crippen molar-refractivity contribution in [1.29, 1.82) is 0 Å². The van der Waals surface area contributed by atoms with Gasteiger partial charge in [-0.1, -0.05) is 12.1 Å². The van der Waals surface area contributed by atoms with Gasteiger partial charge in [0.1, 0.15) is 5.75 Å². The van der Waals surface area contributed by atoms with Gasteiger partial charge in [0, 0.05) is 11.9 Å². The maximum Gasteiger partial charge on any atom is 0.573 e. The number of halogens is 3. The van der Waals surface area contributed by atoms with E-state index < -0.39 is 27.4 Å². The van der Waals surface area contributed by atoms with E-state index in [1.165, 1.54) is 24.3 Å². The summed E-state index contributed by atoms with van der Waals surface area (Å²) in [5, 5.41) is 2.66. The molecule has 1 amide bonds. The molecule has 0 radical (unpaired) electrons. The molecular formula is C18H16F3NO4S. The summed E-state index contributed by atoms with van der Waals surface area (Å²) in [6, 6.07) is 9.75. The minimum absolute atomic E-state index is 0.147. The Hall–Kier alpha value is -2.55. The molecule has 1 heterocycles. The number of alkyl halides is 3. The molecule has 5 nitrogen and oxygen atoms in total. The van der Waals surface area contributed by atoms with E-state index >= 15 is 0 Å². The molecule has 3 rings (SSSR count). The second-order valence-corrected chi connectivity index (χ2v) is 8.65. The minimum Gasteiger partial charge on any atom is -0.406 e. The Labute approximate surface area is 154 Å². The number of anilines is 1. The third-order valence-electron chi connectivity index (χ3n) is 4.48. The largest absolute Gasteiger partial charge is 0.573 e. The maximum atomic E-state index is 12.5. The van der Waals surface area contributed by atoms with Crippen LogP contribution in [0.25, 0.3) is 0 Å². The Morgan fingerprint density at radius 2 is 1.74 bits per heavy atom. The molecule has 0 saturated carbocycles. The molecule has 0 fully saturated rings. The summed E-state index contributed by atoms with van der Waals surface area (Å²) in [6.45, 7) is 1.62. The van der Waals surface area contributed by atoms with Gasteiger partial charge in [-0.25, -0.2) is 8.42 Å². The fourth-order valence-corrected chi connectivity index (χ4v) is 3.74. The van der Waals surface area contributed by atoms with E-state index in [1.807, 2.05) is 0 Å². The van der Waals surface area contributed by atoms with Gasteiger partial charge in [-0.3, -0.25) is 4.79 Å². The van der Waals surface area contributed by atoms with E-state index in [1.54, 1.807) is 19.1 Å². The molecule has 1 aliphatic rings. The van der Waals surface area contributed by atoms with E-state index in [9.17, 15) is 26.4 Å². The molecule has 0 spiro atoms. The molecule has 2 aromatic carbocycles. The van der Waals surface area contributed by atoms with Crippen LogP contribution in [-0.2, 0) is 26.5 Å². The van der Waals surface area contributed by atoms with Gasteiger partial charge >= 0.3 is 6.36 Å². The zero-order valence-electron chi connectivity index (χ0n) is 14.4. The number of amides is 1. The monoisotopic (exact) mass is 399 g/mol. The van der Waals surface area contributed by atoms with Crippen molar-refractivity contribution in [2.24, 2.45) is 0 Å². The minimum atomic E-state index is -4.83. The lowest BCUT2D eigenvalue weighted by atomic mass is 9.78. The number of carbonyl (C=O) groups is 1. The van der Waals surface area contributed by atoms with E-state index in [4.69, 9.17) is 0 Å². The van der Waals surface area contributed by atoms with E-state index in [0.29, 0.717) is 16.8 Å². The van der Waals surface area contributed by atoms with Crippen molar-refractivity contribution >= 4 is 21.4 Å². The second-order valence-electron chi connectivity index (χ2n) is 6.63. The lowest BCUT2D eigenvalue weighted by Crippen LogP contribution is -2.33. The van der Waals surface area contributed by atoms with Crippen LogP contribution in [0.4, 0.5) is 18.9 Å². The smallest absolute Gasteiger partial charge is 0.406 e. The second kappa shape index (κ2) is 6.26. The van der Waals surface area contributed by atoms with Crippen LogP contribution in [0.15, 0.2) is 47.4 Å². The third kappa shape index (κ3) is 3.92. The van der Waals surface area contributed by atoms with Crippen molar-refractivity contribution in [3.05, 3.63) is 53.6 Å². The maximum absolute atomic E-state index is 12.5. The van der Waals surface area contributed by atoms with E-state index in [0.717, 1.165) is 12.3 Å². The first-order valence-corrected chi connectivity index (χ1v) is 9.78. The van der Waals surface area contributed by atoms with Crippen LogP contribution in [0.3, 0.4) is 0 Å². The van der Waals surface area contributed by atoms with Crippen LogP contribution in [0.5, 0.6) is 5.75 Å². The van der Waals surface area contributed by atoms with Crippen molar-refractivity contribution in [1.82, 2.24) is 0 Å². The SMILES string of the molecule is CC1(Cc2ccc(S(C)(=O)=O)cc2)C(=O)Nc2ccc(OC(F)(F)F)cc21. The number of hydrogen-bond donors (Lipinski definition) is 1. The summed E-state index contributed by atoms with van der Waals surface area (Å²) in [5.41, 5.74) is 0.369. The summed E-state index contributed by atoms with van der Waals surface area (Å²) in [5.74, 6) is -0.759. The highest BCUT2D eigenvalue weighted by Crippen LogP contribution is 2.42. The third-order valence-corrected chi connectivity index (χ3v) is 5.61. The van der Waals surface area contributed by atoms with Gasteiger partial charge < -0.3 is 10.1 Å². The number of carbonyl (C=O) groups excluding carboxylic acids is 1. The Bertz CT molecular complexity index is 1000. The van der Waals surface area contributed by atoms with Gasteiger partial charge in [0.2, 0.25) is 5.91 Å². The predicted molar refractivity (Wildman–Crippen MR) is 92.4 cm³/mol. The normalized spacial score (nSPS) is 19.5. The van der Waals surface area contributed by atoms with Crippen molar-refractivity contribution in [3.8, 4) is 5.75 Å². The van der Waals surface area contributed by atoms with Crippen LogP contribution in [0.2, 0.25) is 0 Å². The molecular weight excluding hydrogens is 383 g/mol.